The summed E-state index contributed by atoms with van der Waals surface area (Å²) in [5, 5.41) is 4.16. The normalized spacial score (nSPS) is 10.6. The Kier molecular flexibility index (Phi) is 6.41. The lowest BCUT2D eigenvalue weighted by molar-refractivity contribution is 0.1000. The van der Waals surface area contributed by atoms with E-state index in [0.29, 0.717) is 17.2 Å². The van der Waals surface area contributed by atoms with Gasteiger partial charge >= 0.3 is 0 Å². The Morgan fingerprint density at radius 3 is 2.56 bits per heavy atom. The number of carbonyl (C=O) groups is 1. The van der Waals surface area contributed by atoms with Crippen LogP contribution < -0.4 is 15.8 Å². The van der Waals surface area contributed by atoms with Crippen molar-refractivity contribution in [2.24, 2.45) is 5.73 Å². The second-order valence-electron chi connectivity index (χ2n) is 6.05. The molecule has 6 heteroatoms. The molecule has 138 valence electrons. The monoisotopic (exact) mass is 381 g/mol. The van der Waals surface area contributed by atoms with Crippen LogP contribution in [0.15, 0.2) is 66.9 Å². The van der Waals surface area contributed by atoms with Crippen LogP contribution in [-0.2, 0) is 13.0 Å². The Balaban J connectivity index is 1.46. The first kappa shape index (κ1) is 18.9. The van der Waals surface area contributed by atoms with Gasteiger partial charge in [0.05, 0.1) is 5.56 Å². The van der Waals surface area contributed by atoms with Crippen molar-refractivity contribution < 1.29 is 9.53 Å². The molecule has 5 nitrogen and oxygen atoms in total. The lowest BCUT2D eigenvalue weighted by atomic mass is 10.1. The molecule has 0 aliphatic heterocycles. The highest BCUT2D eigenvalue weighted by Gasteiger charge is 2.03. The van der Waals surface area contributed by atoms with Crippen LogP contribution in [0.25, 0.3) is 0 Å². The van der Waals surface area contributed by atoms with E-state index in [4.69, 9.17) is 22.1 Å². The van der Waals surface area contributed by atoms with E-state index in [1.807, 2.05) is 42.5 Å². The van der Waals surface area contributed by atoms with Gasteiger partial charge in [-0.05, 0) is 54.4 Å². The van der Waals surface area contributed by atoms with Crippen LogP contribution in [0.2, 0.25) is 5.02 Å². The van der Waals surface area contributed by atoms with E-state index in [0.717, 1.165) is 24.5 Å². The number of primary amides is 1. The highest BCUT2D eigenvalue weighted by molar-refractivity contribution is 6.30. The van der Waals surface area contributed by atoms with E-state index in [9.17, 15) is 4.79 Å². The number of nitrogens with one attached hydrogen (secondary N) is 1. The summed E-state index contributed by atoms with van der Waals surface area (Å²) in [4.78, 5) is 15.1. The summed E-state index contributed by atoms with van der Waals surface area (Å²) in [7, 11) is 0. The van der Waals surface area contributed by atoms with Gasteiger partial charge in [0.25, 0.3) is 0 Å². The zero-order chi connectivity index (χ0) is 19.1. The zero-order valence-electron chi connectivity index (χ0n) is 14.7. The molecule has 0 bridgehead atoms. The maximum atomic E-state index is 11.0. The molecule has 0 spiro atoms. The summed E-state index contributed by atoms with van der Waals surface area (Å²) in [5.74, 6) is 0.586. The molecule has 1 aromatic heterocycles. The van der Waals surface area contributed by atoms with E-state index in [1.165, 1.54) is 17.3 Å². The smallest absolute Gasteiger partial charge is 0.250 e. The average Bonchev–Trinajstić information content (AvgIpc) is 2.67. The Morgan fingerprint density at radius 2 is 1.89 bits per heavy atom. The van der Waals surface area contributed by atoms with E-state index in [1.54, 1.807) is 12.1 Å². The van der Waals surface area contributed by atoms with E-state index in [-0.39, 0.29) is 0 Å². The lowest BCUT2D eigenvalue weighted by Crippen LogP contribution is -2.16. The molecule has 3 rings (SSSR count). The highest BCUT2D eigenvalue weighted by atomic mass is 35.5. The number of hydrogen-bond acceptors (Lipinski definition) is 4. The van der Waals surface area contributed by atoms with Crippen LogP contribution in [0.1, 0.15) is 21.5 Å². The second kappa shape index (κ2) is 9.16. The molecule has 0 aliphatic carbocycles. The van der Waals surface area contributed by atoms with Crippen molar-refractivity contribution in [2.45, 2.75) is 13.0 Å². The van der Waals surface area contributed by atoms with Gasteiger partial charge in [0.2, 0.25) is 11.8 Å². The van der Waals surface area contributed by atoms with Crippen molar-refractivity contribution >= 4 is 17.5 Å². The van der Waals surface area contributed by atoms with Gasteiger partial charge < -0.3 is 15.8 Å². The van der Waals surface area contributed by atoms with Crippen LogP contribution in [0, 0.1) is 0 Å². The quantitative estimate of drug-likeness (QED) is 0.579. The standard InChI is InChI=1S/C21H20ClN3O2/c22-18-3-1-2-16(12-18)13-24-11-10-15-4-7-19(8-5-15)27-20-9-6-17(14-25-20)21(23)26/h1-9,12,14,24H,10-11,13H2,(H2,23,26). The number of ether oxygens (including phenoxy) is 1. The van der Waals surface area contributed by atoms with Crippen molar-refractivity contribution in [1.82, 2.24) is 10.3 Å². The summed E-state index contributed by atoms with van der Waals surface area (Å²) < 4.78 is 5.67. The maximum Gasteiger partial charge on any atom is 0.250 e. The molecule has 0 saturated heterocycles. The van der Waals surface area contributed by atoms with Gasteiger partial charge in [0, 0.05) is 23.8 Å². The molecule has 0 saturated carbocycles. The predicted molar refractivity (Wildman–Crippen MR) is 106 cm³/mol. The molecule has 27 heavy (non-hydrogen) atoms. The number of halogens is 1. The van der Waals surface area contributed by atoms with Crippen LogP contribution in [0.3, 0.4) is 0 Å². The molecule has 3 N–H and O–H groups in total. The summed E-state index contributed by atoms with van der Waals surface area (Å²) in [6, 6.07) is 18.9. The van der Waals surface area contributed by atoms with E-state index in [2.05, 4.69) is 16.4 Å². The Labute approximate surface area is 163 Å². The van der Waals surface area contributed by atoms with Gasteiger partial charge in [-0.3, -0.25) is 4.79 Å². The first-order valence-electron chi connectivity index (χ1n) is 8.58. The summed E-state index contributed by atoms with van der Waals surface area (Å²) >= 11 is 5.98. The van der Waals surface area contributed by atoms with Crippen molar-refractivity contribution in [3.05, 3.63) is 88.6 Å². The minimum atomic E-state index is -0.512. The SMILES string of the molecule is NC(=O)c1ccc(Oc2ccc(CCNCc3cccc(Cl)c3)cc2)nc1. The Hall–Kier alpha value is -2.89. The molecular formula is C21H20ClN3O2. The number of rotatable bonds is 8. The van der Waals surface area contributed by atoms with Crippen LogP contribution in [0.5, 0.6) is 11.6 Å². The van der Waals surface area contributed by atoms with Gasteiger partial charge in [0.1, 0.15) is 5.75 Å². The van der Waals surface area contributed by atoms with Crippen LogP contribution in [-0.4, -0.2) is 17.4 Å². The number of carbonyl (C=O) groups excluding carboxylic acids is 1. The van der Waals surface area contributed by atoms with Gasteiger partial charge in [-0.25, -0.2) is 4.98 Å². The molecule has 1 amide bonds. The Bertz CT molecular complexity index is 896. The molecule has 3 aromatic rings. The molecular weight excluding hydrogens is 362 g/mol. The van der Waals surface area contributed by atoms with Crippen LogP contribution >= 0.6 is 11.6 Å². The number of benzene rings is 2. The first-order chi connectivity index (χ1) is 13.1. The van der Waals surface area contributed by atoms with E-state index < -0.39 is 5.91 Å². The largest absolute Gasteiger partial charge is 0.439 e. The van der Waals surface area contributed by atoms with Gasteiger partial charge in [0.15, 0.2) is 0 Å². The predicted octanol–water partition coefficient (Wildman–Crippen LogP) is 3.96. The minimum Gasteiger partial charge on any atom is -0.439 e. The molecule has 0 atom stereocenters. The van der Waals surface area contributed by atoms with Gasteiger partial charge in [-0.2, -0.15) is 0 Å². The number of aromatic nitrogens is 1. The van der Waals surface area contributed by atoms with Crippen molar-refractivity contribution in [3.8, 4) is 11.6 Å². The van der Waals surface area contributed by atoms with Crippen molar-refractivity contribution in [2.75, 3.05) is 6.54 Å². The maximum absolute atomic E-state index is 11.0. The Morgan fingerprint density at radius 1 is 1.07 bits per heavy atom. The lowest BCUT2D eigenvalue weighted by Gasteiger charge is -2.08. The molecule has 0 unspecified atom stereocenters. The molecule has 2 aromatic carbocycles. The van der Waals surface area contributed by atoms with Gasteiger partial charge in [-0.1, -0.05) is 35.9 Å². The van der Waals surface area contributed by atoms with Crippen molar-refractivity contribution in [1.29, 1.82) is 0 Å². The van der Waals surface area contributed by atoms with Crippen molar-refractivity contribution in [3.63, 3.8) is 0 Å². The minimum absolute atomic E-state index is 0.350. The number of amides is 1. The second-order valence-corrected chi connectivity index (χ2v) is 6.49. The first-order valence-corrected chi connectivity index (χ1v) is 8.96. The summed E-state index contributed by atoms with van der Waals surface area (Å²) in [6.07, 6.45) is 2.31. The third-order valence-electron chi connectivity index (χ3n) is 3.98. The molecule has 1 heterocycles. The van der Waals surface area contributed by atoms with Gasteiger partial charge in [-0.15, -0.1) is 0 Å². The van der Waals surface area contributed by atoms with Crippen LogP contribution in [0.4, 0.5) is 0 Å². The number of hydrogen-bond donors (Lipinski definition) is 2. The number of nitrogens with two attached hydrogens (primary N) is 1. The molecule has 0 fully saturated rings. The molecule has 0 radical (unpaired) electrons. The summed E-state index contributed by atoms with van der Waals surface area (Å²) in [6.45, 7) is 1.65. The topological polar surface area (TPSA) is 77.2 Å². The fraction of sp³-hybridized carbons (Fsp3) is 0.143. The average molecular weight is 382 g/mol. The fourth-order valence-electron chi connectivity index (χ4n) is 2.54. The zero-order valence-corrected chi connectivity index (χ0v) is 15.4. The third-order valence-corrected chi connectivity index (χ3v) is 4.21. The summed E-state index contributed by atoms with van der Waals surface area (Å²) in [5.41, 5.74) is 7.92. The molecule has 0 aliphatic rings. The third kappa shape index (κ3) is 5.81. The fourth-order valence-corrected chi connectivity index (χ4v) is 2.76. The number of nitrogens with zero attached hydrogens (tertiary/aromatic N) is 1. The highest BCUT2D eigenvalue weighted by Crippen LogP contribution is 2.20. The van der Waals surface area contributed by atoms with E-state index >= 15 is 0 Å². The number of pyridine rings is 1.